The molecule has 0 aromatic rings. The van der Waals surface area contributed by atoms with Gasteiger partial charge in [0.1, 0.15) is 0 Å². The van der Waals surface area contributed by atoms with Crippen molar-refractivity contribution in [2.24, 2.45) is 0 Å². The van der Waals surface area contributed by atoms with Crippen molar-refractivity contribution in [2.75, 3.05) is 10.7 Å². The second kappa shape index (κ2) is 17.0. The summed E-state index contributed by atoms with van der Waals surface area (Å²) in [6, 6.07) is 0. The Morgan fingerprint density at radius 2 is 1.22 bits per heavy atom. The Morgan fingerprint density at radius 3 is 1.44 bits per heavy atom. The van der Waals surface area contributed by atoms with Crippen LogP contribution in [-0.4, -0.2) is 31.6 Å². The van der Waals surface area contributed by atoms with Crippen LogP contribution in [0.3, 0.4) is 0 Å². The van der Waals surface area contributed by atoms with Crippen LogP contribution in [0.25, 0.3) is 0 Å². The molecule has 60 valence electrons. The summed E-state index contributed by atoms with van der Waals surface area (Å²) in [4.78, 5) is 0. The van der Waals surface area contributed by atoms with E-state index in [1.54, 1.807) is 0 Å². The molecule has 0 bridgehead atoms. The van der Waals surface area contributed by atoms with Crippen molar-refractivity contribution < 1.29 is 0 Å². The molecule has 0 heterocycles. The maximum atomic E-state index is 3.40. The Labute approximate surface area is 105 Å². The third kappa shape index (κ3) is 18.0. The first-order valence-electron chi connectivity index (χ1n) is 2.11. The topological polar surface area (TPSA) is 0 Å². The van der Waals surface area contributed by atoms with Crippen LogP contribution in [0.2, 0.25) is 8.94 Å². The summed E-state index contributed by atoms with van der Waals surface area (Å²) >= 11 is 7.18. The van der Waals surface area contributed by atoms with Crippen molar-refractivity contribution in [1.29, 1.82) is 0 Å². The van der Waals surface area contributed by atoms with Gasteiger partial charge in [0.25, 0.3) is 0 Å². The Hall–Kier alpha value is 2.71. The van der Waals surface area contributed by atoms with E-state index in [1.807, 2.05) is 0 Å². The maximum absolute atomic E-state index is 3.40. The molecule has 0 unspecified atom stereocenters. The Bertz CT molecular complexity index is 31.7. The summed E-state index contributed by atoms with van der Waals surface area (Å²) in [5.41, 5.74) is 0. The first-order chi connectivity index (χ1) is 3.41. The van der Waals surface area contributed by atoms with Crippen molar-refractivity contribution in [3.8, 4) is 0 Å². The van der Waals surface area contributed by atoms with Gasteiger partial charge in [0, 0.05) is 0 Å². The van der Waals surface area contributed by atoms with Crippen LogP contribution in [-0.2, 0) is 0 Å². The number of alkyl halides is 2. The standard InChI is InChI=1S/C4H8Br2Te.2BrH/c5-1-3-7-4-2-6;;/h1-4H2;2*1H. The molecule has 5 heteroatoms. The summed E-state index contributed by atoms with van der Waals surface area (Å²) in [6.45, 7) is 0. The molecule has 9 heavy (non-hydrogen) atoms. The molecule has 0 aliphatic rings. The van der Waals surface area contributed by atoms with E-state index in [9.17, 15) is 0 Å². The third-order valence-electron chi connectivity index (χ3n) is 0.443. The zero-order valence-electron chi connectivity index (χ0n) is 4.81. The quantitative estimate of drug-likeness (QED) is 0.312. The summed E-state index contributed by atoms with van der Waals surface area (Å²) < 4.78 is 2.88. The number of rotatable bonds is 4. The second-order valence-electron chi connectivity index (χ2n) is 0.990. The summed E-state index contributed by atoms with van der Waals surface area (Å²) in [5.74, 6) is 0. The van der Waals surface area contributed by atoms with E-state index in [1.165, 1.54) is 19.6 Å². The van der Waals surface area contributed by atoms with Crippen LogP contribution in [0, 0.1) is 0 Å². The van der Waals surface area contributed by atoms with E-state index < -0.39 is 0 Å². The van der Waals surface area contributed by atoms with Crippen molar-refractivity contribution in [3.63, 3.8) is 0 Å². The molecule has 0 atom stereocenters. The predicted molar refractivity (Wildman–Crippen MR) is 63.6 cm³/mol. The van der Waals surface area contributed by atoms with E-state index >= 15 is 0 Å². The van der Waals surface area contributed by atoms with Gasteiger partial charge in [-0.25, -0.2) is 0 Å². The number of hydrogen-bond acceptors (Lipinski definition) is 0. The Morgan fingerprint density at radius 1 is 0.889 bits per heavy atom. The van der Waals surface area contributed by atoms with Crippen LogP contribution >= 0.6 is 65.8 Å². The molecule has 0 radical (unpaired) electrons. The molecule has 0 N–H and O–H groups in total. The van der Waals surface area contributed by atoms with Gasteiger partial charge in [-0.15, -0.1) is 34.0 Å². The molecule has 0 aromatic heterocycles. The average molecular weight is 505 g/mol. The van der Waals surface area contributed by atoms with Crippen molar-refractivity contribution in [3.05, 3.63) is 0 Å². The molecular formula is C4H10Br4Te. The monoisotopic (exact) mass is 504 g/mol. The molecule has 0 nitrogen and oxygen atoms in total. The first-order valence-corrected chi connectivity index (χ1v) is 7.65. The van der Waals surface area contributed by atoms with Gasteiger partial charge in [-0.1, -0.05) is 0 Å². The molecular weight excluding hydrogens is 495 g/mol. The Balaban J connectivity index is -0.000000180. The van der Waals surface area contributed by atoms with Gasteiger partial charge in [0.05, 0.1) is 0 Å². The SMILES string of the molecule is Br.Br.BrCC[Te]CCBr. The van der Waals surface area contributed by atoms with Crippen LogP contribution in [0.4, 0.5) is 0 Å². The minimum absolute atomic E-state index is 0. The molecule has 0 aliphatic carbocycles. The van der Waals surface area contributed by atoms with E-state index in [-0.39, 0.29) is 34.0 Å². The molecule has 0 saturated heterocycles. The van der Waals surface area contributed by atoms with Gasteiger partial charge in [-0.2, -0.15) is 0 Å². The zero-order valence-corrected chi connectivity index (χ0v) is 13.7. The predicted octanol–water partition coefficient (Wildman–Crippen LogP) is 3.47. The van der Waals surface area contributed by atoms with Crippen LogP contribution < -0.4 is 0 Å². The fourth-order valence-electron chi connectivity index (χ4n) is 0.211. The van der Waals surface area contributed by atoms with E-state index in [0.29, 0.717) is 20.9 Å². The van der Waals surface area contributed by atoms with Gasteiger partial charge < -0.3 is 0 Å². The van der Waals surface area contributed by atoms with E-state index in [2.05, 4.69) is 31.9 Å². The van der Waals surface area contributed by atoms with E-state index in [0.717, 1.165) is 0 Å². The Kier molecular flexibility index (Phi) is 33.4. The minimum atomic E-state index is 0. The van der Waals surface area contributed by atoms with Crippen molar-refractivity contribution in [1.82, 2.24) is 0 Å². The van der Waals surface area contributed by atoms with Crippen LogP contribution in [0.1, 0.15) is 0 Å². The fraction of sp³-hybridized carbons (Fsp3) is 1.00. The molecule has 0 amide bonds. The van der Waals surface area contributed by atoms with Crippen molar-refractivity contribution >= 4 is 86.7 Å². The fourth-order valence-corrected chi connectivity index (χ4v) is 4.49. The second-order valence-corrected chi connectivity index (χ2v) is 6.07. The molecule has 0 fully saturated rings. The normalized spacial score (nSPS) is 7.33. The third-order valence-corrected chi connectivity index (χ3v) is 7.32. The zero-order chi connectivity index (χ0) is 5.54. The summed E-state index contributed by atoms with van der Waals surface area (Å²) in [7, 11) is 0. The van der Waals surface area contributed by atoms with Crippen LogP contribution in [0.5, 0.6) is 0 Å². The van der Waals surface area contributed by atoms with Crippen LogP contribution in [0.15, 0.2) is 0 Å². The number of hydrogen-bond donors (Lipinski definition) is 0. The van der Waals surface area contributed by atoms with Gasteiger partial charge >= 0.3 is 72.4 Å². The first kappa shape index (κ1) is 17.7. The summed E-state index contributed by atoms with van der Waals surface area (Å²) in [5, 5.41) is 2.42. The van der Waals surface area contributed by atoms with Gasteiger partial charge in [-0.05, 0) is 0 Å². The van der Waals surface area contributed by atoms with Gasteiger partial charge in [-0.3, -0.25) is 0 Å². The van der Waals surface area contributed by atoms with Gasteiger partial charge in [0.2, 0.25) is 0 Å². The molecule has 0 aromatic carbocycles. The molecule has 0 saturated carbocycles. The molecule has 0 aliphatic heterocycles. The average Bonchev–Trinajstić information content (AvgIpc) is 1.69. The van der Waals surface area contributed by atoms with Gasteiger partial charge in [0.15, 0.2) is 0 Å². The van der Waals surface area contributed by atoms with Crippen molar-refractivity contribution in [2.45, 2.75) is 8.94 Å². The molecule has 0 rings (SSSR count). The van der Waals surface area contributed by atoms with E-state index in [4.69, 9.17) is 0 Å². The number of halogens is 4. The molecule has 0 spiro atoms. The summed E-state index contributed by atoms with van der Waals surface area (Å²) in [6.07, 6.45) is 0.